The summed E-state index contributed by atoms with van der Waals surface area (Å²) in [6.45, 7) is 1.46. The molecule has 6 nitrogen and oxygen atoms in total. The van der Waals surface area contributed by atoms with Gasteiger partial charge in [0.25, 0.3) is 11.6 Å². The van der Waals surface area contributed by atoms with Gasteiger partial charge in [-0.15, -0.1) is 0 Å². The van der Waals surface area contributed by atoms with Crippen molar-refractivity contribution in [2.75, 3.05) is 0 Å². The normalized spacial score (nSPS) is 11.9. The molecule has 0 saturated heterocycles. The number of hydrogen-bond donors (Lipinski definition) is 1. The van der Waals surface area contributed by atoms with Crippen molar-refractivity contribution in [3.8, 4) is 5.75 Å². The predicted molar refractivity (Wildman–Crippen MR) is 57.4 cm³/mol. The van der Waals surface area contributed by atoms with E-state index in [0.717, 1.165) is 6.07 Å². The molecular weight excluding hydrogens is 236 g/mol. The molecule has 0 aliphatic carbocycles. The summed E-state index contributed by atoms with van der Waals surface area (Å²) in [4.78, 5) is 20.6. The monoisotopic (exact) mass is 244 g/mol. The lowest BCUT2D eigenvalue weighted by Crippen LogP contribution is -2.30. The Bertz CT molecular complexity index is 436. The molecule has 0 radical (unpaired) electrons. The number of halogens is 1. The van der Waals surface area contributed by atoms with E-state index in [-0.39, 0.29) is 16.5 Å². The maximum Gasteiger partial charge on any atom is 0.271 e. The van der Waals surface area contributed by atoms with Gasteiger partial charge in [-0.2, -0.15) is 0 Å². The van der Waals surface area contributed by atoms with E-state index >= 15 is 0 Å². The van der Waals surface area contributed by atoms with Gasteiger partial charge in [-0.3, -0.25) is 14.9 Å². The van der Waals surface area contributed by atoms with Crippen molar-refractivity contribution >= 4 is 23.2 Å². The number of rotatable bonds is 4. The molecule has 86 valence electrons. The Labute approximate surface area is 96.1 Å². The molecule has 0 bridgehead atoms. The van der Waals surface area contributed by atoms with Crippen molar-refractivity contribution in [2.45, 2.75) is 13.0 Å². The lowest BCUT2D eigenvalue weighted by Gasteiger charge is -2.11. The topological polar surface area (TPSA) is 95.5 Å². The third-order valence-electron chi connectivity index (χ3n) is 1.83. The van der Waals surface area contributed by atoms with Gasteiger partial charge in [0.1, 0.15) is 5.75 Å². The fraction of sp³-hybridized carbons (Fsp3) is 0.222. The van der Waals surface area contributed by atoms with Gasteiger partial charge in [0.2, 0.25) is 0 Å². The molecule has 0 spiro atoms. The van der Waals surface area contributed by atoms with E-state index in [9.17, 15) is 14.9 Å². The molecule has 7 heteroatoms. The number of benzene rings is 1. The Morgan fingerprint density at radius 2 is 2.25 bits per heavy atom. The van der Waals surface area contributed by atoms with E-state index in [1.54, 1.807) is 0 Å². The molecule has 0 aliphatic heterocycles. The first-order valence-electron chi connectivity index (χ1n) is 4.31. The van der Waals surface area contributed by atoms with Crippen molar-refractivity contribution in [2.24, 2.45) is 5.73 Å². The number of non-ortho nitro benzene ring substituents is 1. The quantitative estimate of drug-likeness (QED) is 0.641. The molecule has 16 heavy (non-hydrogen) atoms. The molecule has 1 atom stereocenters. The maximum absolute atomic E-state index is 10.7. The molecule has 1 amide bonds. The fourth-order valence-electron chi connectivity index (χ4n) is 0.947. The minimum absolute atomic E-state index is 0.0577. The average Bonchev–Trinajstić information content (AvgIpc) is 2.20. The zero-order valence-corrected chi connectivity index (χ0v) is 9.10. The van der Waals surface area contributed by atoms with Crippen LogP contribution in [0.5, 0.6) is 5.75 Å². The van der Waals surface area contributed by atoms with Gasteiger partial charge in [0.05, 0.1) is 9.95 Å². The Morgan fingerprint density at radius 1 is 1.62 bits per heavy atom. The van der Waals surface area contributed by atoms with Crippen molar-refractivity contribution in [1.29, 1.82) is 0 Å². The zero-order chi connectivity index (χ0) is 12.3. The largest absolute Gasteiger partial charge is 0.479 e. The van der Waals surface area contributed by atoms with Crippen LogP contribution in [0.15, 0.2) is 18.2 Å². The highest BCUT2D eigenvalue weighted by Crippen LogP contribution is 2.29. The highest BCUT2D eigenvalue weighted by atomic mass is 35.5. The van der Waals surface area contributed by atoms with E-state index in [1.165, 1.54) is 19.1 Å². The second kappa shape index (κ2) is 4.80. The van der Waals surface area contributed by atoms with E-state index < -0.39 is 16.9 Å². The number of nitro groups is 1. The van der Waals surface area contributed by atoms with Gasteiger partial charge in [0.15, 0.2) is 6.10 Å². The standard InChI is InChI=1S/C9H9ClN2O4/c1-5(9(11)13)16-8-3-2-6(12(14)15)4-7(8)10/h2-5H,1H3,(H2,11,13)/t5-/m1/s1. The van der Waals surface area contributed by atoms with Gasteiger partial charge in [0, 0.05) is 12.1 Å². The average molecular weight is 245 g/mol. The molecule has 0 saturated carbocycles. The summed E-state index contributed by atoms with van der Waals surface area (Å²) in [7, 11) is 0. The molecule has 1 aromatic rings. The fourth-order valence-corrected chi connectivity index (χ4v) is 1.17. The first-order chi connectivity index (χ1) is 7.41. The Hall–Kier alpha value is -1.82. The number of nitro benzene ring substituents is 1. The number of amides is 1. The molecule has 0 aliphatic rings. The van der Waals surface area contributed by atoms with E-state index in [0.29, 0.717) is 0 Å². The summed E-state index contributed by atoms with van der Waals surface area (Å²) in [5, 5.41) is 10.5. The van der Waals surface area contributed by atoms with Crippen molar-refractivity contribution in [3.63, 3.8) is 0 Å². The van der Waals surface area contributed by atoms with Gasteiger partial charge in [-0.25, -0.2) is 0 Å². The first kappa shape index (κ1) is 12.3. The van der Waals surface area contributed by atoms with Gasteiger partial charge >= 0.3 is 0 Å². The lowest BCUT2D eigenvalue weighted by atomic mass is 10.3. The minimum Gasteiger partial charge on any atom is -0.479 e. The van der Waals surface area contributed by atoms with Gasteiger partial charge in [-0.1, -0.05) is 11.6 Å². The number of nitrogens with two attached hydrogens (primary N) is 1. The third kappa shape index (κ3) is 2.83. The van der Waals surface area contributed by atoms with Crippen LogP contribution in [0.25, 0.3) is 0 Å². The van der Waals surface area contributed by atoms with Crippen LogP contribution in [0.4, 0.5) is 5.69 Å². The highest BCUT2D eigenvalue weighted by Gasteiger charge is 2.15. The second-order valence-corrected chi connectivity index (χ2v) is 3.44. The summed E-state index contributed by atoms with van der Waals surface area (Å²) in [5.41, 5.74) is 4.85. The molecule has 0 fully saturated rings. The van der Waals surface area contributed by atoms with Crippen LogP contribution in [0.2, 0.25) is 5.02 Å². The number of carbonyl (C=O) groups is 1. The van der Waals surface area contributed by atoms with E-state index in [1.807, 2.05) is 0 Å². The number of hydrogen-bond acceptors (Lipinski definition) is 4. The van der Waals surface area contributed by atoms with Gasteiger partial charge in [-0.05, 0) is 13.0 Å². The molecule has 0 unspecified atom stereocenters. The van der Waals surface area contributed by atoms with Crippen LogP contribution in [0.1, 0.15) is 6.92 Å². The van der Waals surface area contributed by atoms with Gasteiger partial charge < -0.3 is 10.5 Å². The van der Waals surface area contributed by atoms with Crippen molar-refractivity contribution in [1.82, 2.24) is 0 Å². The first-order valence-corrected chi connectivity index (χ1v) is 4.69. The number of nitrogens with zero attached hydrogens (tertiary/aromatic N) is 1. The summed E-state index contributed by atoms with van der Waals surface area (Å²) in [6.07, 6.45) is -0.848. The minimum atomic E-state index is -0.848. The van der Waals surface area contributed by atoms with Crippen LogP contribution in [-0.2, 0) is 4.79 Å². The van der Waals surface area contributed by atoms with Crippen LogP contribution in [-0.4, -0.2) is 16.9 Å². The molecular formula is C9H9ClN2O4. The maximum atomic E-state index is 10.7. The SMILES string of the molecule is C[C@@H](Oc1ccc([N+](=O)[O-])cc1Cl)C(N)=O. The van der Waals surface area contributed by atoms with E-state index in [4.69, 9.17) is 22.1 Å². The highest BCUT2D eigenvalue weighted by molar-refractivity contribution is 6.32. The zero-order valence-electron chi connectivity index (χ0n) is 8.34. The number of primary amides is 1. The summed E-state index contributed by atoms with van der Waals surface area (Å²) in [6, 6.07) is 3.69. The molecule has 1 aromatic carbocycles. The van der Waals surface area contributed by atoms with Crippen molar-refractivity contribution in [3.05, 3.63) is 33.3 Å². The molecule has 1 rings (SSSR count). The third-order valence-corrected chi connectivity index (χ3v) is 2.13. The van der Waals surface area contributed by atoms with Crippen LogP contribution < -0.4 is 10.5 Å². The number of ether oxygens (including phenoxy) is 1. The van der Waals surface area contributed by atoms with Crippen LogP contribution in [0, 0.1) is 10.1 Å². The smallest absolute Gasteiger partial charge is 0.271 e. The Morgan fingerprint density at radius 3 is 2.69 bits per heavy atom. The van der Waals surface area contributed by atoms with E-state index in [2.05, 4.69) is 0 Å². The molecule has 0 heterocycles. The Balaban J connectivity index is 2.91. The van der Waals surface area contributed by atoms with Crippen LogP contribution >= 0.6 is 11.6 Å². The summed E-state index contributed by atoms with van der Waals surface area (Å²) >= 11 is 5.74. The van der Waals surface area contributed by atoms with Crippen LogP contribution in [0.3, 0.4) is 0 Å². The number of carbonyl (C=O) groups excluding carboxylic acids is 1. The summed E-state index contributed by atoms with van der Waals surface area (Å²) in [5.74, 6) is -0.465. The summed E-state index contributed by atoms with van der Waals surface area (Å²) < 4.78 is 5.11. The predicted octanol–water partition coefficient (Wildman–Crippen LogP) is 1.50. The van der Waals surface area contributed by atoms with Crippen molar-refractivity contribution < 1.29 is 14.5 Å². The second-order valence-electron chi connectivity index (χ2n) is 3.03. The molecule has 2 N–H and O–H groups in total. The Kier molecular flexibility index (Phi) is 3.68. The lowest BCUT2D eigenvalue weighted by molar-refractivity contribution is -0.384. The molecule has 0 aromatic heterocycles.